The van der Waals surface area contributed by atoms with Gasteiger partial charge >= 0.3 is 5.97 Å². The van der Waals surface area contributed by atoms with E-state index in [-0.39, 0.29) is 35.1 Å². The number of carbonyl (C=O) groups is 1. The molecule has 1 saturated carbocycles. The van der Waals surface area contributed by atoms with Crippen LogP contribution < -0.4 is 18.1 Å². The summed E-state index contributed by atoms with van der Waals surface area (Å²) < 4.78 is 0. The third-order valence-corrected chi connectivity index (χ3v) is 3.72. The molecule has 0 spiro atoms. The maximum Gasteiger partial charge on any atom is 0.304 e. The van der Waals surface area contributed by atoms with Gasteiger partial charge in [0.15, 0.2) is 0 Å². The molecule has 1 rings (SSSR count). The van der Waals surface area contributed by atoms with Crippen LogP contribution in [0.3, 0.4) is 0 Å². The van der Waals surface area contributed by atoms with E-state index in [4.69, 9.17) is 5.11 Å². The van der Waals surface area contributed by atoms with Gasteiger partial charge in [0, 0.05) is 5.41 Å². The molecule has 0 aromatic heterocycles. The maximum absolute atomic E-state index is 11.0. The molecule has 0 aliphatic heterocycles. The Morgan fingerprint density at radius 2 is 1.53 bits per heavy atom. The van der Waals surface area contributed by atoms with Gasteiger partial charge in [0.1, 0.15) is 0 Å². The molecule has 0 bridgehead atoms. The standard InChI is InChI=1S/C13H25NO2.ClH/c1-11(2)6-12(3,4)8-13(7-11,9-14)5-10(15)16;/h5-9,14H2,1-4H3,(H,15,16);1H. The first kappa shape index (κ1) is 16.7. The van der Waals surface area contributed by atoms with E-state index in [0.29, 0.717) is 0 Å². The Morgan fingerprint density at radius 1 is 1.12 bits per heavy atom. The molecular formula is C13H26ClNO2. The zero-order chi connectivity index (χ0) is 12.6. The highest BCUT2D eigenvalue weighted by molar-refractivity contribution is 5.67. The molecule has 3 nitrogen and oxygen atoms in total. The van der Waals surface area contributed by atoms with Crippen LogP contribution in [0.4, 0.5) is 0 Å². The minimum atomic E-state index is -0.683. The maximum atomic E-state index is 11.0. The van der Waals surface area contributed by atoms with Crippen molar-refractivity contribution < 1.29 is 28.0 Å². The van der Waals surface area contributed by atoms with Crippen LogP contribution in [0.2, 0.25) is 0 Å². The second-order valence-electron chi connectivity index (χ2n) is 7.18. The molecule has 4 heteroatoms. The third-order valence-electron chi connectivity index (χ3n) is 3.72. The van der Waals surface area contributed by atoms with Gasteiger partial charge in [0.25, 0.3) is 0 Å². The lowest BCUT2D eigenvalue weighted by atomic mass is 9.54. The molecule has 0 amide bonds. The molecule has 0 aromatic rings. The Bertz CT molecular complexity index is 271. The van der Waals surface area contributed by atoms with E-state index < -0.39 is 5.97 Å². The molecule has 1 aliphatic rings. The summed E-state index contributed by atoms with van der Waals surface area (Å²) >= 11 is 0. The summed E-state index contributed by atoms with van der Waals surface area (Å²) in [6.07, 6.45) is 3.41. The van der Waals surface area contributed by atoms with Crippen LogP contribution in [0, 0.1) is 16.2 Å². The zero-order valence-electron chi connectivity index (χ0n) is 11.5. The van der Waals surface area contributed by atoms with Crippen molar-refractivity contribution in [1.82, 2.24) is 0 Å². The number of hydrogen-bond acceptors (Lipinski definition) is 1. The third kappa shape index (κ3) is 4.47. The molecule has 17 heavy (non-hydrogen) atoms. The lowest BCUT2D eigenvalue weighted by Gasteiger charge is -2.50. The fraction of sp³-hybridized carbons (Fsp3) is 0.923. The van der Waals surface area contributed by atoms with Crippen LogP contribution in [-0.2, 0) is 4.79 Å². The Hall–Kier alpha value is -0.280. The van der Waals surface area contributed by atoms with E-state index in [1.807, 2.05) is 0 Å². The Morgan fingerprint density at radius 3 is 1.82 bits per heavy atom. The summed E-state index contributed by atoms with van der Waals surface area (Å²) in [6.45, 7) is 9.73. The topological polar surface area (TPSA) is 64.9 Å². The molecule has 0 aromatic carbocycles. The van der Waals surface area contributed by atoms with Crippen molar-refractivity contribution in [2.45, 2.75) is 53.4 Å². The number of aliphatic carboxylic acids is 1. The monoisotopic (exact) mass is 263 g/mol. The summed E-state index contributed by atoms with van der Waals surface area (Å²) in [7, 11) is 0. The van der Waals surface area contributed by atoms with Gasteiger partial charge in [-0.1, -0.05) is 27.7 Å². The minimum Gasteiger partial charge on any atom is -1.00 e. The summed E-state index contributed by atoms with van der Waals surface area (Å²) in [5, 5.41) is 9.07. The van der Waals surface area contributed by atoms with Crippen molar-refractivity contribution in [3.05, 3.63) is 0 Å². The van der Waals surface area contributed by atoms with E-state index in [2.05, 4.69) is 33.4 Å². The lowest BCUT2D eigenvalue weighted by Crippen LogP contribution is -3.00. The normalized spacial score (nSPS) is 24.8. The molecular weight excluding hydrogens is 238 g/mol. The van der Waals surface area contributed by atoms with Crippen LogP contribution in [0.1, 0.15) is 53.4 Å². The molecule has 0 saturated heterocycles. The number of quaternary nitrogens is 1. The first-order valence-electron chi connectivity index (χ1n) is 6.11. The Kier molecular flexibility index (Phi) is 5.06. The van der Waals surface area contributed by atoms with Crippen molar-refractivity contribution in [3.63, 3.8) is 0 Å². The van der Waals surface area contributed by atoms with E-state index >= 15 is 0 Å². The highest BCUT2D eigenvalue weighted by Crippen LogP contribution is 2.54. The van der Waals surface area contributed by atoms with Gasteiger partial charge in [0.2, 0.25) is 0 Å². The van der Waals surface area contributed by atoms with Crippen molar-refractivity contribution in [2.24, 2.45) is 16.2 Å². The fourth-order valence-corrected chi connectivity index (χ4v) is 4.22. The van der Waals surface area contributed by atoms with Crippen LogP contribution >= 0.6 is 0 Å². The number of rotatable bonds is 3. The quantitative estimate of drug-likeness (QED) is 0.681. The Labute approximate surface area is 111 Å². The number of hydrogen-bond donors (Lipinski definition) is 2. The summed E-state index contributed by atoms with van der Waals surface area (Å²) in [5.41, 5.74) is 4.36. The molecule has 0 unspecified atom stereocenters. The van der Waals surface area contributed by atoms with Crippen LogP contribution in [0.15, 0.2) is 0 Å². The van der Waals surface area contributed by atoms with Crippen molar-refractivity contribution >= 4 is 5.97 Å². The van der Waals surface area contributed by atoms with Crippen LogP contribution in [-0.4, -0.2) is 17.6 Å². The molecule has 1 aliphatic carbocycles. The van der Waals surface area contributed by atoms with Gasteiger partial charge < -0.3 is 23.2 Å². The van der Waals surface area contributed by atoms with Gasteiger partial charge in [-0.15, -0.1) is 0 Å². The Balaban J connectivity index is 0.00000256. The van der Waals surface area contributed by atoms with E-state index in [1.54, 1.807) is 0 Å². The second-order valence-corrected chi connectivity index (χ2v) is 7.18. The van der Waals surface area contributed by atoms with E-state index in [1.165, 1.54) is 6.42 Å². The van der Waals surface area contributed by atoms with Gasteiger partial charge in [-0.05, 0) is 30.1 Å². The largest absolute Gasteiger partial charge is 1.00 e. The fourth-order valence-electron chi connectivity index (χ4n) is 4.22. The van der Waals surface area contributed by atoms with Crippen molar-refractivity contribution in [1.29, 1.82) is 0 Å². The van der Waals surface area contributed by atoms with Gasteiger partial charge in [-0.3, -0.25) is 4.79 Å². The van der Waals surface area contributed by atoms with Gasteiger partial charge in [-0.25, -0.2) is 0 Å². The highest BCUT2D eigenvalue weighted by atomic mass is 35.5. The van der Waals surface area contributed by atoms with Gasteiger partial charge in [-0.2, -0.15) is 0 Å². The van der Waals surface area contributed by atoms with E-state index in [9.17, 15) is 4.79 Å². The predicted molar refractivity (Wildman–Crippen MR) is 63.9 cm³/mol. The second kappa shape index (κ2) is 5.15. The average molecular weight is 264 g/mol. The van der Waals surface area contributed by atoms with Gasteiger partial charge in [0.05, 0.1) is 13.0 Å². The molecule has 0 heterocycles. The zero-order valence-corrected chi connectivity index (χ0v) is 12.2. The number of halogens is 1. The highest BCUT2D eigenvalue weighted by Gasteiger charge is 2.48. The average Bonchev–Trinajstić information content (AvgIpc) is 1.96. The lowest BCUT2D eigenvalue weighted by molar-refractivity contribution is -0.399. The minimum absolute atomic E-state index is 0. The molecule has 0 radical (unpaired) electrons. The summed E-state index contributed by atoms with van der Waals surface area (Å²) in [4.78, 5) is 11.0. The number of carboxylic acid groups (broad SMARTS) is 1. The molecule has 1 fully saturated rings. The SMILES string of the molecule is CC1(C)CC(C)(C)CC(C[NH3+])(CC(=O)O)C1.[Cl-]. The predicted octanol–water partition coefficient (Wildman–Crippen LogP) is -1.07. The molecule has 102 valence electrons. The van der Waals surface area contributed by atoms with E-state index in [0.717, 1.165) is 19.4 Å². The van der Waals surface area contributed by atoms with Crippen molar-refractivity contribution in [3.8, 4) is 0 Å². The van der Waals surface area contributed by atoms with Crippen LogP contribution in [0.25, 0.3) is 0 Å². The molecule has 4 N–H and O–H groups in total. The first-order valence-corrected chi connectivity index (χ1v) is 6.11. The summed E-state index contributed by atoms with van der Waals surface area (Å²) in [6, 6.07) is 0. The summed E-state index contributed by atoms with van der Waals surface area (Å²) in [5.74, 6) is -0.683. The van der Waals surface area contributed by atoms with Crippen LogP contribution in [0.5, 0.6) is 0 Å². The van der Waals surface area contributed by atoms with Crippen molar-refractivity contribution in [2.75, 3.05) is 6.54 Å². The smallest absolute Gasteiger partial charge is 0.304 e. The number of carboxylic acids is 1. The first-order chi connectivity index (χ1) is 7.10. The molecule has 0 atom stereocenters.